The molecule has 0 bridgehead atoms. The molecule has 0 unspecified atom stereocenters. The van der Waals surface area contributed by atoms with Gasteiger partial charge in [0.25, 0.3) is 5.56 Å². The minimum Gasteiger partial charge on any atom is -0.491 e. The van der Waals surface area contributed by atoms with Crippen molar-refractivity contribution in [3.63, 3.8) is 0 Å². The van der Waals surface area contributed by atoms with Gasteiger partial charge in [-0.2, -0.15) is 5.26 Å². The second-order valence-electron chi connectivity index (χ2n) is 6.18. The maximum Gasteiger partial charge on any atom is 0.255 e. The molecule has 3 rings (SSSR count). The van der Waals surface area contributed by atoms with Crippen molar-refractivity contribution in [1.29, 1.82) is 5.26 Å². The highest BCUT2D eigenvalue weighted by molar-refractivity contribution is 5.62. The lowest BCUT2D eigenvalue weighted by atomic mass is 10.1. The molecule has 0 radical (unpaired) electrons. The predicted molar refractivity (Wildman–Crippen MR) is 89.5 cm³/mol. The third-order valence-electron chi connectivity index (χ3n) is 3.88. The fraction of sp³-hybridized carbons (Fsp3) is 0.368. The van der Waals surface area contributed by atoms with Gasteiger partial charge in [-0.1, -0.05) is 18.2 Å². The lowest BCUT2D eigenvalue weighted by Gasteiger charge is -2.15. The first-order valence-electron chi connectivity index (χ1n) is 7.98. The average Bonchev–Trinajstić information content (AvgIpc) is 3.33. The number of aromatic nitrogens is 1. The molecule has 0 atom stereocenters. The standard InChI is InChI=1S/C19H20N2O2/c1-13(2)23-17-5-3-4-15(12-17)18-9-6-14(10-11-20)19(22)21(18)16-7-8-16/h3-6,9,12-13,16H,7-8,10H2,1-2H3. The van der Waals surface area contributed by atoms with Gasteiger partial charge in [0.1, 0.15) is 5.75 Å². The summed E-state index contributed by atoms with van der Waals surface area (Å²) in [6.45, 7) is 3.98. The van der Waals surface area contributed by atoms with E-state index >= 15 is 0 Å². The molecule has 1 aromatic carbocycles. The van der Waals surface area contributed by atoms with Crippen molar-refractivity contribution >= 4 is 0 Å². The fourth-order valence-electron chi connectivity index (χ4n) is 2.75. The molecule has 0 N–H and O–H groups in total. The van der Waals surface area contributed by atoms with Gasteiger partial charge in [-0.25, -0.2) is 0 Å². The van der Waals surface area contributed by atoms with E-state index in [2.05, 4.69) is 6.07 Å². The molecule has 4 nitrogen and oxygen atoms in total. The number of nitrogens with zero attached hydrogens (tertiary/aromatic N) is 2. The van der Waals surface area contributed by atoms with E-state index in [1.165, 1.54) is 0 Å². The molecule has 0 spiro atoms. The van der Waals surface area contributed by atoms with Crippen LogP contribution in [0.2, 0.25) is 0 Å². The van der Waals surface area contributed by atoms with E-state index in [0.29, 0.717) is 5.56 Å². The van der Waals surface area contributed by atoms with Gasteiger partial charge in [-0.05, 0) is 44.9 Å². The van der Waals surface area contributed by atoms with E-state index in [-0.39, 0.29) is 24.1 Å². The van der Waals surface area contributed by atoms with Crippen LogP contribution in [-0.2, 0) is 6.42 Å². The molecule has 1 heterocycles. The van der Waals surface area contributed by atoms with Crippen LogP contribution in [0.1, 0.15) is 38.3 Å². The molecule has 1 fully saturated rings. The molecular formula is C19H20N2O2. The number of nitriles is 1. The number of hydrogen-bond donors (Lipinski definition) is 0. The third-order valence-corrected chi connectivity index (χ3v) is 3.88. The zero-order chi connectivity index (χ0) is 16.4. The summed E-state index contributed by atoms with van der Waals surface area (Å²) in [4.78, 5) is 12.7. The second kappa shape index (κ2) is 6.29. The van der Waals surface area contributed by atoms with Crippen LogP contribution in [0.15, 0.2) is 41.2 Å². The summed E-state index contributed by atoms with van der Waals surface area (Å²) in [5.41, 5.74) is 2.39. The number of pyridine rings is 1. The molecule has 23 heavy (non-hydrogen) atoms. The highest BCUT2D eigenvalue weighted by atomic mass is 16.5. The predicted octanol–water partition coefficient (Wildman–Crippen LogP) is 3.70. The molecule has 1 aliphatic carbocycles. The first-order valence-corrected chi connectivity index (χ1v) is 7.98. The van der Waals surface area contributed by atoms with Gasteiger partial charge in [0.2, 0.25) is 0 Å². The Kier molecular flexibility index (Phi) is 4.20. The van der Waals surface area contributed by atoms with Crippen LogP contribution in [0.5, 0.6) is 5.75 Å². The Hall–Kier alpha value is -2.54. The van der Waals surface area contributed by atoms with Crippen molar-refractivity contribution in [3.8, 4) is 23.1 Å². The van der Waals surface area contributed by atoms with Crippen LogP contribution >= 0.6 is 0 Å². The summed E-state index contributed by atoms with van der Waals surface area (Å²) in [6, 6.07) is 13.9. The van der Waals surface area contributed by atoms with E-state index in [1.807, 2.05) is 48.7 Å². The summed E-state index contributed by atoms with van der Waals surface area (Å²) in [5, 5.41) is 8.88. The smallest absolute Gasteiger partial charge is 0.255 e. The Morgan fingerprint density at radius 1 is 1.30 bits per heavy atom. The van der Waals surface area contributed by atoms with Crippen LogP contribution in [0.4, 0.5) is 0 Å². The van der Waals surface area contributed by atoms with Crippen molar-refractivity contribution in [1.82, 2.24) is 4.57 Å². The van der Waals surface area contributed by atoms with Gasteiger partial charge < -0.3 is 9.30 Å². The van der Waals surface area contributed by atoms with E-state index in [4.69, 9.17) is 10.00 Å². The van der Waals surface area contributed by atoms with Gasteiger partial charge in [0.15, 0.2) is 0 Å². The lowest BCUT2D eigenvalue weighted by molar-refractivity contribution is 0.242. The van der Waals surface area contributed by atoms with E-state index in [9.17, 15) is 4.79 Å². The molecule has 4 heteroatoms. The summed E-state index contributed by atoms with van der Waals surface area (Å²) in [5.74, 6) is 0.799. The molecule has 0 amide bonds. The Morgan fingerprint density at radius 2 is 2.09 bits per heavy atom. The molecule has 1 aliphatic rings. The quantitative estimate of drug-likeness (QED) is 0.846. The van der Waals surface area contributed by atoms with Gasteiger partial charge >= 0.3 is 0 Å². The van der Waals surface area contributed by atoms with Gasteiger partial charge in [-0.15, -0.1) is 0 Å². The van der Waals surface area contributed by atoms with Crippen molar-refractivity contribution in [2.24, 2.45) is 0 Å². The number of hydrogen-bond acceptors (Lipinski definition) is 3. The van der Waals surface area contributed by atoms with Crippen molar-refractivity contribution in [2.75, 3.05) is 0 Å². The Labute approximate surface area is 135 Å². The molecule has 1 aromatic heterocycles. The Morgan fingerprint density at radius 3 is 2.74 bits per heavy atom. The maximum atomic E-state index is 12.7. The molecule has 118 valence electrons. The normalized spacial score (nSPS) is 13.8. The molecule has 1 saturated carbocycles. The van der Waals surface area contributed by atoms with Crippen LogP contribution < -0.4 is 10.3 Å². The molecule has 0 aliphatic heterocycles. The zero-order valence-electron chi connectivity index (χ0n) is 13.5. The molecular weight excluding hydrogens is 288 g/mol. The zero-order valence-corrected chi connectivity index (χ0v) is 13.5. The monoisotopic (exact) mass is 308 g/mol. The first-order chi connectivity index (χ1) is 11.1. The Bertz CT molecular complexity index is 811. The minimum absolute atomic E-state index is 0.0401. The van der Waals surface area contributed by atoms with E-state index in [0.717, 1.165) is 29.8 Å². The second-order valence-corrected chi connectivity index (χ2v) is 6.18. The van der Waals surface area contributed by atoms with Crippen LogP contribution in [0.3, 0.4) is 0 Å². The van der Waals surface area contributed by atoms with Crippen LogP contribution in [0, 0.1) is 11.3 Å². The number of ether oxygens (including phenoxy) is 1. The Balaban J connectivity index is 2.08. The van der Waals surface area contributed by atoms with Crippen molar-refractivity contribution < 1.29 is 4.74 Å². The van der Waals surface area contributed by atoms with Crippen LogP contribution in [0.25, 0.3) is 11.3 Å². The molecule has 0 saturated heterocycles. The average molecular weight is 308 g/mol. The minimum atomic E-state index is -0.0401. The summed E-state index contributed by atoms with van der Waals surface area (Å²) in [7, 11) is 0. The van der Waals surface area contributed by atoms with E-state index in [1.54, 1.807) is 6.07 Å². The number of benzene rings is 1. The SMILES string of the molecule is CC(C)Oc1cccc(-c2ccc(CC#N)c(=O)n2C2CC2)c1. The topological polar surface area (TPSA) is 55.0 Å². The number of rotatable bonds is 5. The van der Waals surface area contributed by atoms with Crippen molar-refractivity contribution in [2.45, 2.75) is 45.3 Å². The van der Waals surface area contributed by atoms with Gasteiger partial charge in [0, 0.05) is 17.2 Å². The van der Waals surface area contributed by atoms with E-state index < -0.39 is 0 Å². The summed E-state index contributed by atoms with van der Waals surface area (Å²) < 4.78 is 7.60. The maximum absolute atomic E-state index is 12.7. The van der Waals surface area contributed by atoms with Crippen LogP contribution in [-0.4, -0.2) is 10.7 Å². The summed E-state index contributed by atoms with van der Waals surface area (Å²) >= 11 is 0. The van der Waals surface area contributed by atoms with Gasteiger partial charge in [-0.3, -0.25) is 4.79 Å². The van der Waals surface area contributed by atoms with Gasteiger partial charge in [0.05, 0.1) is 24.3 Å². The summed E-state index contributed by atoms with van der Waals surface area (Å²) in [6.07, 6.45) is 2.30. The largest absolute Gasteiger partial charge is 0.491 e. The highest BCUT2D eigenvalue weighted by Crippen LogP contribution is 2.37. The highest BCUT2D eigenvalue weighted by Gasteiger charge is 2.28. The third kappa shape index (κ3) is 3.29. The van der Waals surface area contributed by atoms with Crippen molar-refractivity contribution in [3.05, 3.63) is 52.3 Å². The fourth-order valence-corrected chi connectivity index (χ4v) is 2.75. The first kappa shape index (κ1) is 15.4. The lowest BCUT2D eigenvalue weighted by Crippen LogP contribution is -2.24. The molecule has 2 aromatic rings.